The summed E-state index contributed by atoms with van der Waals surface area (Å²) in [6, 6.07) is 3.25. The smallest absolute Gasteiger partial charge is 0.270 e. The van der Waals surface area contributed by atoms with Gasteiger partial charge in [-0.1, -0.05) is 6.92 Å². The number of morpholine rings is 1. The van der Waals surface area contributed by atoms with Crippen LogP contribution in [-0.4, -0.2) is 30.2 Å². The Labute approximate surface area is 127 Å². The van der Waals surface area contributed by atoms with Crippen molar-refractivity contribution in [2.75, 3.05) is 18.0 Å². The van der Waals surface area contributed by atoms with Crippen molar-refractivity contribution in [2.24, 2.45) is 0 Å². The fraction of sp³-hybridized carbons (Fsp3) is 0.571. The highest BCUT2D eigenvalue weighted by Crippen LogP contribution is 2.36. The second kappa shape index (κ2) is 6.10. The van der Waals surface area contributed by atoms with E-state index in [0.717, 1.165) is 35.2 Å². The van der Waals surface area contributed by atoms with Gasteiger partial charge in [-0.3, -0.25) is 10.1 Å². The lowest BCUT2D eigenvalue weighted by molar-refractivity contribution is -0.385. The van der Waals surface area contributed by atoms with Gasteiger partial charge < -0.3 is 9.64 Å². The maximum absolute atomic E-state index is 11.0. The number of rotatable bonds is 3. The third-order valence-corrected chi connectivity index (χ3v) is 4.06. The minimum atomic E-state index is -0.349. The Bertz CT molecular complexity index is 511. The molecule has 1 aromatic carbocycles. The summed E-state index contributed by atoms with van der Waals surface area (Å²) in [5.74, 6) is 0. The lowest BCUT2D eigenvalue weighted by Crippen LogP contribution is -2.46. The van der Waals surface area contributed by atoms with E-state index in [9.17, 15) is 10.1 Å². The van der Waals surface area contributed by atoms with Crippen molar-refractivity contribution in [1.29, 1.82) is 0 Å². The number of nitrogens with zero attached hydrogens (tertiary/aromatic N) is 2. The van der Waals surface area contributed by atoms with Crippen molar-refractivity contribution < 1.29 is 9.66 Å². The van der Waals surface area contributed by atoms with Crippen molar-refractivity contribution in [3.05, 3.63) is 32.3 Å². The van der Waals surface area contributed by atoms with Crippen LogP contribution in [-0.2, 0) is 11.2 Å². The highest BCUT2D eigenvalue weighted by atomic mass is 79.9. The standard InChI is InChI=1S/C14H19BrN2O3/c1-4-11-5-12(17(18)19)6-13(15)14(11)16-7-9(2)20-10(3)8-16/h5-6,9-10H,4,7-8H2,1-3H3/t9-,10+. The van der Waals surface area contributed by atoms with Gasteiger partial charge in [0.25, 0.3) is 5.69 Å². The van der Waals surface area contributed by atoms with Crippen LogP contribution in [0.25, 0.3) is 0 Å². The van der Waals surface area contributed by atoms with Crippen LogP contribution in [0.5, 0.6) is 0 Å². The van der Waals surface area contributed by atoms with Gasteiger partial charge in [-0.05, 0) is 41.8 Å². The molecule has 20 heavy (non-hydrogen) atoms. The number of anilines is 1. The van der Waals surface area contributed by atoms with Crippen LogP contribution in [0.2, 0.25) is 0 Å². The van der Waals surface area contributed by atoms with E-state index in [1.807, 2.05) is 20.8 Å². The van der Waals surface area contributed by atoms with Crippen molar-refractivity contribution in [1.82, 2.24) is 0 Å². The molecule has 5 nitrogen and oxygen atoms in total. The summed E-state index contributed by atoms with van der Waals surface area (Å²) >= 11 is 3.50. The van der Waals surface area contributed by atoms with E-state index in [-0.39, 0.29) is 22.8 Å². The summed E-state index contributed by atoms with van der Waals surface area (Å²) in [6.45, 7) is 7.71. The van der Waals surface area contributed by atoms with E-state index in [1.54, 1.807) is 12.1 Å². The predicted molar refractivity (Wildman–Crippen MR) is 82.4 cm³/mol. The van der Waals surface area contributed by atoms with Gasteiger partial charge in [0.05, 0.1) is 22.8 Å². The number of benzene rings is 1. The highest BCUT2D eigenvalue weighted by Gasteiger charge is 2.26. The van der Waals surface area contributed by atoms with Crippen LogP contribution < -0.4 is 4.90 Å². The molecule has 6 heteroatoms. The molecule has 2 rings (SSSR count). The first-order valence-corrected chi connectivity index (χ1v) is 7.58. The van der Waals surface area contributed by atoms with Gasteiger partial charge in [-0.2, -0.15) is 0 Å². The van der Waals surface area contributed by atoms with Crippen LogP contribution in [0.1, 0.15) is 26.3 Å². The highest BCUT2D eigenvalue weighted by molar-refractivity contribution is 9.10. The Morgan fingerprint density at radius 1 is 1.40 bits per heavy atom. The van der Waals surface area contributed by atoms with Gasteiger partial charge in [0.2, 0.25) is 0 Å². The molecule has 0 bridgehead atoms. The normalized spacial score (nSPS) is 22.9. The summed E-state index contributed by atoms with van der Waals surface area (Å²) in [7, 11) is 0. The minimum absolute atomic E-state index is 0.131. The van der Waals surface area contributed by atoms with E-state index in [1.165, 1.54) is 0 Å². The Hall–Kier alpha value is -1.14. The fourth-order valence-electron chi connectivity index (χ4n) is 2.73. The van der Waals surface area contributed by atoms with E-state index in [2.05, 4.69) is 20.8 Å². The number of halogens is 1. The van der Waals surface area contributed by atoms with Gasteiger partial charge in [0.15, 0.2) is 0 Å². The van der Waals surface area contributed by atoms with Crippen molar-refractivity contribution in [2.45, 2.75) is 39.4 Å². The minimum Gasteiger partial charge on any atom is -0.372 e. The van der Waals surface area contributed by atoms with Crippen LogP contribution in [0.15, 0.2) is 16.6 Å². The predicted octanol–water partition coefficient (Wildman–Crippen LogP) is 3.53. The number of aryl methyl sites for hydroxylation is 1. The summed E-state index contributed by atoms with van der Waals surface area (Å²) in [5.41, 5.74) is 2.18. The zero-order chi connectivity index (χ0) is 14.9. The maximum Gasteiger partial charge on any atom is 0.270 e. The molecule has 110 valence electrons. The van der Waals surface area contributed by atoms with Crippen molar-refractivity contribution in [3.63, 3.8) is 0 Å². The molecule has 0 saturated carbocycles. The molecule has 0 radical (unpaired) electrons. The van der Waals surface area contributed by atoms with E-state index < -0.39 is 0 Å². The molecule has 1 aliphatic heterocycles. The molecule has 0 spiro atoms. The maximum atomic E-state index is 11.0. The van der Waals surface area contributed by atoms with E-state index in [0.29, 0.717) is 0 Å². The summed E-state index contributed by atoms with van der Waals surface area (Å²) in [4.78, 5) is 12.9. The number of hydrogen-bond donors (Lipinski definition) is 0. The average molecular weight is 343 g/mol. The Kier molecular flexibility index (Phi) is 4.65. The van der Waals surface area contributed by atoms with Gasteiger partial charge in [0.1, 0.15) is 0 Å². The van der Waals surface area contributed by atoms with Crippen LogP contribution in [0, 0.1) is 10.1 Å². The van der Waals surface area contributed by atoms with Gasteiger partial charge in [-0.25, -0.2) is 0 Å². The summed E-state index contributed by atoms with van der Waals surface area (Å²) in [6.07, 6.45) is 1.08. The average Bonchev–Trinajstić information content (AvgIpc) is 2.36. The molecular formula is C14H19BrN2O3. The number of hydrogen-bond acceptors (Lipinski definition) is 4. The number of ether oxygens (including phenoxy) is 1. The zero-order valence-corrected chi connectivity index (χ0v) is 13.5. The first-order valence-electron chi connectivity index (χ1n) is 6.79. The molecule has 0 unspecified atom stereocenters. The van der Waals surface area contributed by atoms with Gasteiger partial charge >= 0.3 is 0 Å². The number of nitro groups is 1. The van der Waals surface area contributed by atoms with E-state index in [4.69, 9.17) is 4.74 Å². The molecule has 0 aromatic heterocycles. The van der Waals surface area contributed by atoms with Crippen LogP contribution in [0.3, 0.4) is 0 Å². The first-order chi connectivity index (χ1) is 9.42. The quantitative estimate of drug-likeness (QED) is 0.622. The molecule has 0 amide bonds. The summed E-state index contributed by atoms with van der Waals surface area (Å²) in [5, 5.41) is 11.0. The molecule has 1 aromatic rings. The second-order valence-corrected chi connectivity index (χ2v) is 6.06. The van der Waals surface area contributed by atoms with Crippen molar-refractivity contribution in [3.8, 4) is 0 Å². The number of non-ortho nitro benzene ring substituents is 1. The summed E-state index contributed by atoms with van der Waals surface area (Å²) < 4.78 is 6.53. The van der Waals surface area contributed by atoms with Gasteiger partial charge in [-0.15, -0.1) is 0 Å². The van der Waals surface area contributed by atoms with Crippen LogP contribution >= 0.6 is 15.9 Å². The SMILES string of the molecule is CCc1cc([N+](=O)[O-])cc(Br)c1N1C[C@@H](C)O[C@@H](C)C1. The lowest BCUT2D eigenvalue weighted by atomic mass is 10.1. The number of nitro benzene ring substituents is 1. The molecule has 1 heterocycles. The fourth-order valence-corrected chi connectivity index (χ4v) is 3.47. The first kappa shape index (κ1) is 15.3. The molecule has 1 aliphatic rings. The Morgan fingerprint density at radius 3 is 2.50 bits per heavy atom. The van der Waals surface area contributed by atoms with Crippen LogP contribution in [0.4, 0.5) is 11.4 Å². The van der Waals surface area contributed by atoms with E-state index >= 15 is 0 Å². The molecule has 1 saturated heterocycles. The largest absolute Gasteiger partial charge is 0.372 e. The monoisotopic (exact) mass is 342 g/mol. The molecule has 2 atom stereocenters. The van der Waals surface area contributed by atoms with Crippen molar-refractivity contribution >= 4 is 27.3 Å². The zero-order valence-electron chi connectivity index (χ0n) is 11.9. The third-order valence-electron chi connectivity index (χ3n) is 3.45. The topological polar surface area (TPSA) is 55.6 Å². The third kappa shape index (κ3) is 3.12. The van der Waals surface area contributed by atoms with Gasteiger partial charge in [0, 0.05) is 29.7 Å². The second-order valence-electron chi connectivity index (χ2n) is 5.21. The molecule has 1 fully saturated rings. The molecule has 0 aliphatic carbocycles. The molecular weight excluding hydrogens is 324 g/mol. The Balaban J connectivity index is 2.42. The lowest BCUT2D eigenvalue weighted by Gasteiger charge is -2.38. The Morgan fingerprint density at radius 2 is 2.00 bits per heavy atom. The molecule has 0 N–H and O–H groups in total.